The quantitative estimate of drug-likeness (QED) is 0.615. The molecular weight excluding hydrogens is 335 g/mol. The normalized spacial score (nSPS) is 22.0. The molecule has 0 aromatic heterocycles. The van der Waals surface area contributed by atoms with Crippen molar-refractivity contribution in [2.45, 2.75) is 32.0 Å². The van der Waals surface area contributed by atoms with Crippen LogP contribution in [0.15, 0.2) is 23.2 Å². The summed E-state index contributed by atoms with van der Waals surface area (Å²) in [7, 11) is 1.80. The van der Waals surface area contributed by atoms with Crippen molar-refractivity contribution in [2.75, 3.05) is 17.7 Å². The number of amidine groups is 1. The maximum Gasteiger partial charge on any atom is 0.271 e. The summed E-state index contributed by atoms with van der Waals surface area (Å²) < 4.78 is 14.3. The highest BCUT2D eigenvalue weighted by Crippen LogP contribution is 2.34. The Kier molecular flexibility index (Phi) is 4.44. The van der Waals surface area contributed by atoms with Gasteiger partial charge in [0.05, 0.1) is 16.7 Å². The molecule has 7 nitrogen and oxygen atoms in total. The van der Waals surface area contributed by atoms with Crippen molar-refractivity contribution in [2.24, 2.45) is 4.99 Å². The summed E-state index contributed by atoms with van der Waals surface area (Å²) >= 11 is 1.51. The van der Waals surface area contributed by atoms with Crippen molar-refractivity contribution in [1.82, 2.24) is 4.90 Å². The van der Waals surface area contributed by atoms with E-state index in [1.54, 1.807) is 7.05 Å². The second-order valence-corrected chi connectivity index (χ2v) is 6.81. The number of thioether (sulfide) groups is 1. The van der Waals surface area contributed by atoms with Crippen molar-refractivity contribution in [3.8, 4) is 0 Å². The third-order valence-corrected chi connectivity index (χ3v) is 5.10. The fourth-order valence-electron chi connectivity index (χ4n) is 2.57. The number of aliphatic imine (C=N–C) groups is 1. The Hall–Kier alpha value is -2.16. The molecule has 1 saturated heterocycles. The van der Waals surface area contributed by atoms with Crippen LogP contribution in [0.4, 0.5) is 15.8 Å². The minimum atomic E-state index is -0.665. The van der Waals surface area contributed by atoms with Gasteiger partial charge in [-0.25, -0.2) is 4.39 Å². The predicted molar refractivity (Wildman–Crippen MR) is 90.7 cm³/mol. The Morgan fingerprint density at radius 1 is 1.50 bits per heavy atom. The van der Waals surface area contributed by atoms with Crippen molar-refractivity contribution in [3.05, 3.63) is 34.1 Å². The lowest BCUT2D eigenvalue weighted by atomic mass is 10.2. The average molecular weight is 352 g/mol. The minimum Gasteiger partial charge on any atom is -0.333 e. The summed E-state index contributed by atoms with van der Waals surface area (Å²) in [5.41, 5.74) is -0.334. The molecule has 2 fully saturated rings. The second-order valence-electron chi connectivity index (χ2n) is 5.83. The third-order valence-electron chi connectivity index (χ3n) is 3.99. The van der Waals surface area contributed by atoms with Crippen LogP contribution in [-0.4, -0.2) is 45.9 Å². The van der Waals surface area contributed by atoms with E-state index in [0.29, 0.717) is 11.8 Å². The van der Waals surface area contributed by atoms with Gasteiger partial charge in [-0.3, -0.25) is 24.8 Å². The Morgan fingerprint density at radius 3 is 2.79 bits per heavy atom. The van der Waals surface area contributed by atoms with Gasteiger partial charge in [0.2, 0.25) is 5.91 Å². The number of carbonyl (C=O) groups excluding carboxylic acids is 1. The molecule has 128 valence electrons. The first-order valence-corrected chi connectivity index (χ1v) is 8.54. The summed E-state index contributed by atoms with van der Waals surface area (Å²) in [6, 6.07) is 3.55. The number of hydrogen-bond acceptors (Lipinski definition) is 5. The smallest absolute Gasteiger partial charge is 0.271 e. The molecule has 1 aromatic rings. The summed E-state index contributed by atoms with van der Waals surface area (Å²) in [5.74, 6) is -0.509. The zero-order valence-corrected chi connectivity index (χ0v) is 14.1. The monoisotopic (exact) mass is 352 g/mol. The Balaban J connectivity index is 1.95. The first kappa shape index (κ1) is 16.7. The molecule has 1 aromatic carbocycles. The van der Waals surface area contributed by atoms with Crippen LogP contribution in [-0.2, 0) is 4.79 Å². The molecule has 1 saturated carbocycles. The van der Waals surface area contributed by atoms with Gasteiger partial charge in [-0.05, 0) is 18.9 Å². The summed E-state index contributed by atoms with van der Waals surface area (Å²) in [4.78, 5) is 30.2. The number of halogens is 1. The molecule has 1 atom stereocenters. The molecular formula is C15H17FN4O3S. The van der Waals surface area contributed by atoms with Crippen LogP contribution in [0.2, 0.25) is 0 Å². The Labute approximate surface area is 142 Å². The average Bonchev–Trinajstić information content (AvgIpc) is 3.27. The Bertz CT molecular complexity index is 723. The lowest BCUT2D eigenvalue weighted by Gasteiger charge is -2.32. The second kappa shape index (κ2) is 6.39. The van der Waals surface area contributed by atoms with E-state index >= 15 is 0 Å². The maximum atomic E-state index is 14.3. The largest absolute Gasteiger partial charge is 0.333 e. The number of nitro groups is 1. The SMILES string of the molecule is CC(=O)N(c1cc([N+](=O)[O-])ccc1F)C1CSC(=NC2CC2)N1C. The van der Waals surface area contributed by atoms with E-state index in [9.17, 15) is 19.3 Å². The Morgan fingerprint density at radius 2 is 2.21 bits per heavy atom. The molecule has 0 spiro atoms. The number of anilines is 1. The number of hydrogen-bond donors (Lipinski definition) is 0. The van der Waals surface area contributed by atoms with Gasteiger partial charge in [-0.15, -0.1) is 0 Å². The third kappa shape index (κ3) is 3.21. The van der Waals surface area contributed by atoms with E-state index in [1.807, 2.05) is 4.90 Å². The van der Waals surface area contributed by atoms with Crippen molar-refractivity contribution < 1.29 is 14.1 Å². The van der Waals surface area contributed by atoms with Crippen LogP contribution in [0.5, 0.6) is 0 Å². The van der Waals surface area contributed by atoms with E-state index in [0.717, 1.165) is 36.2 Å². The molecule has 1 amide bonds. The topological polar surface area (TPSA) is 79.0 Å². The fraction of sp³-hybridized carbons (Fsp3) is 0.467. The molecule has 0 N–H and O–H groups in total. The van der Waals surface area contributed by atoms with Gasteiger partial charge in [0.1, 0.15) is 12.0 Å². The highest BCUT2D eigenvalue weighted by molar-refractivity contribution is 8.14. The first-order valence-electron chi connectivity index (χ1n) is 7.55. The molecule has 0 bridgehead atoms. The number of carbonyl (C=O) groups is 1. The van der Waals surface area contributed by atoms with Gasteiger partial charge >= 0.3 is 0 Å². The van der Waals surface area contributed by atoms with Gasteiger partial charge in [-0.1, -0.05) is 11.8 Å². The van der Waals surface area contributed by atoms with Crippen LogP contribution in [0.1, 0.15) is 19.8 Å². The van der Waals surface area contributed by atoms with E-state index < -0.39 is 16.9 Å². The van der Waals surface area contributed by atoms with Gasteiger partial charge in [0, 0.05) is 31.9 Å². The van der Waals surface area contributed by atoms with E-state index in [-0.39, 0.29) is 17.3 Å². The fourth-order valence-corrected chi connectivity index (χ4v) is 3.79. The minimum absolute atomic E-state index is 0.0816. The van der Waals surface area contributed by atoms with E-state index in [2.05, 4.69) is 4.99 Å². The zero-order chi connectivity index (χ0) is 17.4. The van der Waals surface area contributed by atoms with Gasteiger partial charge in [-0.2, -0.15) is 0 Å². The first-order chi connectivity index (χ1) is 11.4. The predicted octanol–water partition coefficient (Wildman–Crippen LogP) is 2.61. The number of benzene rings is 1. The molecule has 0 radical (unpaired) electrons. The number of nitro benzene ring substituents is 1. The molecule has 1 aliphatic heterocycles. The van der Waals surface area contributed by atoms with Crippen LogP contribution >= 0.6 is 11.8 Å². The van der Waals surface area contributed by atoms with Crippen LogP contribution < -0.4 is 4.90 Å². The lowest BCUT2D eigenvalue weighted by Crippen LogP contribution is -2.48. The van der Waals surface area contributed by atoms with Gasteiger partial charge in [0.25, 0.3) is 5.69 Å². The van der Waals surface area contributed by atoms with Crippen molar-refractivity contribution >= 4 is 34.2 Å². The molecule has 1 aliphatic carbocycles. The van der Waals surface area contributed by atoms with Crippen LogP contribution in [0.25, 0.3) is 0 Å². The maximum absolute atomic E-state index is 14.3. The highest BCUT2D eigenvalue weighted by atomic mass is 32.2. The summed E-state index contributed by atoms with van der Waals surface area (Å²) in [6.07, 6.45) is 1.71. The molecule has 3 rings (SSSR count). The van der Waals surface area contributed by atoms with Crippen LogP contribution in [0.3, 0.4) is 0 Å². The highest BCUT2D eigenvalue weighted by Gasteiger charge is 2.37. The van der Waals surface area contributed by atoms with Gasteiger partial charge in [0.15, 0.2) is 5.17 Å². The van der Waals surface area contributed by atoms with E-state index in [1.165, 1.54) is 23.6 Å². The summed E-state index contributed by atoms with van der Waals surface area (Å²) in [6.45, 7) is 1.33. The number of rotatable bonds is 4. The molecule has 24 heavy (non-hydrogen) atoms. The number of nitrogens with zero attached hydrogens (tertiary/aromatic N) is 4. The van der Waals surface area contributed by atoms with Crippen LogP contribution in [0, 0.1) is 15.9 Å². The number of non-ortho nitro benzene ring substituents is 1. The lowest BCUT2D eigenvalue weighted by molar-refractivity contribution is -0.384. The van der Waals surface area contributed by atoms with Gasteiger partial charge < -0.3 is 4.90 Å². The molecule has 9 heteroatoms. The molecule has 1 unspecified atom stereocenters. The number of amides is 1. The molecule has 2 aliphatic rings. The van der Waals surface area contributed by atoms with E-state index in [4.69, 9.17) is 0 Å². The molecule has 1 heterocycles. The standard InChI is InChI=1S/C15H17FN4O3S/c1-9(21)19(13-7-11(20(22)23)5-6-12(13)16)14-8-24-15(18(14)2)17-10-3-4-10/h5-7,10,14H,3-4,8H2,1-2H3. The van der Waals surface area contributed by atoms with Crippen molar-refractivity contribution in [1.29, 1.82) is 0 Å². The zero-order valence-electron chi connectivity index (χ0n) is 13.3. The summed E-state index contributed by atoms with van der Waals surface area (Å²) in [5, 5.41) is 11.8. The van der Waals surface area contributed by atoms with Crippen molar-refractivity contribution in [3.63, 3.8) is 0 Å².